The highest BCUT2D eigenvalue weighted by Gasteiger charge is 2.17. The van der Waals surface area contributed by atoms with Gasteiger partial charge in [0.25, 0.3) is 5.91 Å². The molecule has 2 heterocycles. The molecule has 0 radical (unpaired) electrons. The van der Waals surface area contributed by atoms with E-state index >= 15 is 0 Å². The van der Waals surface area contributed by atoms with Crippen molar-refractivity contribution >= 4 is 16.9 Å². The Kier molecular flexibility index (Phi) is 6.34. The van der Waals surface area contributed by atoms with Gasteiger partial charge in [-0.1, -0.05) is 26.7 Å². The number of nitrogens with one attached hydrogen (secondary N) is 1. The minimum atomic E-state index is -0.299. The van der Waals surface area contributed by atoms with Crippen molar-refractivity contribution in [3.8, 4) is 0 Å². The van der Waals surface area contributed by atoms with E-state index in [2.05, 4.69) is 24.1 Å². The van der Waals surface area contributed by atoms with Crippen LogP contribution in [-0.4, -0.2) is 21.5 Å². The number of fused-ring (bicyclic) bond motifs is 1. The summed E-state index contributed by atoms with van der Waals surface area (Å²) in [6, 6.07) is 3.61. The zero-order chi connectivity index (χ0) is 18.6. The second-order valence-corrected chi connectivity index (χ2v) is 7.18. The zero-order valence-corrected chi connectivity index (χ0v) is 15.9. The van der Waals surface area contributed by atoms with E-state index in [9.17, 15) is 9.59 Å². The standard InChI is InChI=1S/C20H29N3O2/c1-6-23-12-17(18(24)16-11-10-15(5)21-19(16)23)20(25)22-14(4)9-7-8-13(2)3/h10-14H,6-9H2,1-5H3,(H,22,25)/t14-/m1/s1. The molecule has 0 bridgehead atoms. The van der Waals surface area contributed by atoms with Crippen molar-refractivity contribution in [3.05, 3.63) is 39.8 Å². The second kappa shape index (κ2) is 8.28. The van der Waals surface area contributed by atoms with Gasteiger partial charge in [-0.15, -0.1) is 0 Å². The fraction of sp³-hybridized carbons (Fsp3) is 0.550. The maximum atomic E-state index is 12.7. The van der Waals surface area contributed by atoms with E-state index in [0.717, 1.165) is 25.0 Å². The molecule has 0 aliphatic heterocycles. The van der Waals surface area contributed by atoms with Crippen LogP contribution in [0.3, 0.4) is 0 Å². The number of rotatable bonds is 7. The number of hydrogen-bond donors (Lipinski definition) is 1. The summed E-state index contributed by atoms with van der Waals surface area (Å²) in [4.78, 5) is 29.8. The highest BCUT2D eigenvalue weighted by Crippen LogP contribution is 2.12. The van der Waals surface area contributed by atoms with Gasteiger partial charge in [0, 0.05) is 24.5 Å². The van der Waals surface area contributed by atoms with Gasteiger partial charge in [-0.25, -0.2) is 4.98 Å². The van der Waals surface area contributed by atoms with Gasteiger partial charge in [0.15, 0.2) is 0 Å². The Morgan fingerprint density at radius 1 is 1.24 bits per heavy atom. The van der Waals surface area contributed by atoms with E-state index in [1.807, 2.05) is 25.3 Å². The molecule has 0 saturated heterocycles. The molecule has 1 atom stereocenters. The second-order valence-electron chi connectivity index (χ2n) is 7.18. The highest BCUT2D eigenvalue weighted by atomic mass is 16.2. The number of aromatic nitrogens is 2. The van der Waals surface area contributed by atoms with E-state index in [1.165, 1.54) is 0 Å². The molecule has 0 unspecified atom stereocenters. The van der Waals surface area contributed by atoms with Gasteiger partial charge in [0.2, 0.25) is 5.43 Å². The maximum Gasteiger partial charge on any atom is 0.256 e. The van der Waals surface area contributed by atoms with Gasteiger partial charge < -0.3 is 9.88 Å². The normalized spacial score (nSPS) is 12.6. The first-order chi connectivity index (χ1) is 11.8. The fourth-order valence-electron chi connectivity index (χ4n) is 2.97. The number of carbonyl (C=O) groups excluding carboxylic acids is 1. The van der Waals surface area contributed by atoms with Crippen molar-refractivity contribution in [2.75, 3.05) is 0 Å². The Hall–Kier alpha value is -2.17. The van der Waals surface area contributed by atoms with Crippen molar-refractivity contribution < 1.29 is 4.79 Å². The highest BCUT2D eigenvalue weighted by molar-refractivity contribution is 5.97. The molecule has 5 heteroatoms. The average Bonchev–Trinajstić information content (AvgIpc) is 2.54. The molecule has 2 aromatic heterocycles. The molecular formula is C20H29N3O2. The number of amides is 1. The SMILES string of the molecule is CCn1cc(C(=O)N[C@H](C)CCCC(C)C)c(=O)c2ccc(C)nc21. The summed E-state index contributed by atoms with van der Waals surface area (Å²) in [7, 11) is 0. The molecular weight excluding hydrogens is 314 g/mol. The number of nitrogens with zero attached hydrogens (tertiary/aromatic N) is 2. The molecule has 1 amide bonds. The smallest absolute Gasteiger partial charge is 0.256 e. The van der Waals surface area contributed by atoms with Crippen LogP contribution in [0.2, 0.25) is 0 Å². The summed E-state index contributed by atoms with van der Waals surface area (Å²) in [6.07, 6.45) is 4.76. The van der Waals surface area contributed by atoms with E-state index in [4.69, 9.17) is 0 Å². The lowest BCUT2D eigenvalue weighted by atomic mass is 10.0. The average molecular weight is 343 g/mol. The first-order valence-electron chi connectivity index (χ1n) is 9.15. The Morgan fingerprint density at radius 3 is 2.60 bits per heavy atom. The summed E-state index contributed by atoms with van der Waals surface area (Å²) in [6.45, 7) is 10.9. The van der Waals surface area contributed by atoms with Gasteiger partial charge in [-0.2, -0.15) is 0 Å². The molecule has 0 aliphatic rings. The molecule has 0 fully saturated rings. The molecule has 0 aromatic carbocycles. The van der Waals surface area contributed by atoms with Crippen molar-refractivity contribution in [1.82, 2.24) is 14.9 Å². The third-order valence-electron chi connectivity index (χ3n) is 4.44. The molecule has 2 aromatic rings. The van der Waals surface area contributed by atoms with Gasteiger partial charge >= 0.3 is 0 Å². The quantitative estimate of drug-likeness (QED) is 0.834. The molecule has 0 saturated carbocycles. The summed E-state index contributed by atoms with van der Waals surface area (Å²) in [5.41, 5.74) is 1.42. The maximum absolute atomic E-state index is 12.7. The molecule has 0 aliphatic carbocycles. The van der Waals surface area contributed by atoms with Crippen LogP contribution in [0.5, 0.6) is 0 Å². The summed E-state index contributed by atoms with van der Waals surface area (Å²) < 4.78 is 1.86. The Morgan fingerprint density at radius 2 is 1.96 bits per heavy atom. The number of pyridine rings is 2. The topological polar surface area (TPSA) is 64.0 Å². The van der Waals surface area contributed by atoms with Crippen LogP contribution in [0, 0.1) is 12.8 Å². The van der Waals surface area contributed by atoms with Crippen molar-refractivity contribution in [3.63, 3.8) is 0 Å². The third kappa shape index (κ3) is 4.68. The minimum Gasteiger partial charge on any atom is -0.349 e. The van der Waals surface area contributed by atoms with Crippen LogP contribution in [0.4, 0.5) is 0 Å². The molecule has 136 valence electrons. The van der Waals surface area contributed by atoms with Crippen molar-refractivity contribution in [1.29, 1.82) is 0 Å². The monoisotopic (exact) mass is 343 g/mol. The largest absolute Gasteiger partial charge is 0.349 e. The Bertz CT molecular complexity index is 808. The van der Waals surface area contributed by atoms with Crippen LogP contribution >= 0.6 is 0 Å². The summed E-state index contributed by atoms with van der Waals surface area (Å²) in [5, 5.41) is 3.46. The number of aryl methyl sites for hydroxylation is 2. The number of hydrogen-bond acceptors (Lipinski definition) is 3. The van der Waals surface area contributed by atoms with Gasteiger partial charge in [-0.05, 0) is 45.2 Å². The zero-order valence-electron chi connectivity index (χ0n) is 15.9. The lowest BCUT2D eigenvalue weighted by Gasteiger charge is -2.16. The Labute approximate surface area is 149 Å². The van der Waals surface area contributed by atoms with E-state index in [-0.39, 0.29) is 22.9 Å². The molecule has 25 heavy (non-hydrogen) atoms. The van der Waals surface area contributed by atoms with Crippen LogP contribution in [0.25, 0.3) is 11.0 Å². The Balaban J connectivity index is 2.25. The van der Waals surface area contributed by atoms with Crippen LogP contribution < -0.4 is 10.7 Å². The first kappa shape index (κ1) is 19.2. The van der Waals surface area contributed by atoms with E-state index in [0.29, 0.717) is 23.5 Å². The predicted molar refractivity (Wildman–Crippen MR) is 102 cm³/mol. The fourth-order valence-corrected chi connectivity index (χ4v) is 2.97. The number of carbonyl (C=O) groups is 1. The molecule has 0 spiro atoms. The van der Waals surface area contributed by atoms with Gasteiger partial charge in [-0.3, -0.25) is 9.59 Å². The lowest BCUT2D eigenvalue weighted by molar-refractivity contribution is 0.0936. The lowest BCUT2D eigenvalue weighted by Crippen LogP contribution is -2.36. The van der Waals surface area contributed by atoms with Gasteiger partial charge in [0.1, 0.15) is 11.2 Å². The predicted octanol–water partition coefficient (Wildman–Crippen LogP) is 3.67. The van der Waals surface area contributed by atoms with E-state index in [1.54, 1.807) is 18.3 Å². The van der Waals surface area contributed by atoms with Crippen LogP contribution in [0.1, 0.15) is 63.0 Å². The van der Waals surface area contributed by atoms with Crippen LogP contribution in [-0.2, 0) is 6.54 Å². The molecule has 5 nitrogen and oxygen atoms in total. The van der Waals surface area contributed by atoms with Crippen molar-refractivity contribution in [2.24, 2.45) is 5.92 Å². The molecule has 2 rings (SSSR count). The molecule has 1 N–H and O–H groups in total. The summed E-state index contributed by atoms with van der Waals surface area (Å²) in [5.74, 6) is 0.364. The minimum absolute atomic E-state index is 0.0487. The first-order valence-corrected chi connectivity index (χ1v) is 9.15. The van der Waals surface area contributed by atoms with Crippen molar-refractivity contribution in [2.45, 2.75) is 66.5 Å². The van der Waals surface area contributed by atoms with Gasteiger partial charge in [0.05, 0.1) is 5.39 Å². The van der Waals surface area contributed by atoms with Crippen LogP contribution in [0.15, 0.2) is 23.1 Å². The summed E-state index contributed by atoms with van der Waals surface area (Å²) >= 11 is 0. The third-order valence-corrected chi connectivity index (χ3v) is 4.44. The van der Waals surface area contributed by atoms with E-state index < -0.39 is 0 Å².